The van der Waals surface area contributed by atoms with Crippen LogP contribution in [0.1, 0.15) is 31.2 Å². The van der Waals surface area contributed by atoms with Crippen LogP contribution in [-0.4, -0.2) is 33.5 Å². The van der Waals surface area contributed by atoms with Crippen LogP contribution in [0.4, 0.5) is 13.2 Å². The lowest BCUT2D eigenvalue weighted by atomic mass is 10.0. The first-order valence-electron chi connectivity index (χ1n) is 7.00. The fourth-order valence-electron chi connectivity index (χ4n) is 1.83. The fraction of sp³-hybridized carbons (Fsp3) is 0.462. The summed E-state index contributed by atoms with van der Waals surface area (Å²) in [7, 11) is -9.50. The molecule has 0 spiro atoms. The Morgan fingerprint density at radius 1 is 1.16 bits per heavy atom. The molecule has 12 heteroatoms. The van der Waals surface area contributed by atoms with Crippen molar-refractivity contribution in [3.8, 4) is 5.75 Å². The largest absolute Gasteiger partial charge is 0.534 e. The van der Waals surface area contributed by atoms with Crippen LogP contribution in [0.15, 0.2) is 24.3 Å². The molecule has 0 saturated heterocycles. The summed E-state index contributed by atoms with van der Waals surface area (Å²) < 4.78 is 87.8. The van der Waals surface area contributed by atoms with E-state index in [0.29, 0.717) is 12.8 Å². The molecule has 1 N–H and O–H groups in total. The van der Waals surface area contributed by atoms with Gasteiger partial charge in [-0.2, -0.15) is 21.6 Å². The highest BCUT2D eigenvalue weighted by Gasteiger charge is 2.48. The van der Waals surface area contributed by atoms with Gasteiger partial charge >= 0.3 is 15.6 Å². The van der Waals surface area contributed by atoms with E-state index in [1.165, 1.54) is 19.1 Å². The van der Waals surface area contributed by atoms with Gasteiger partial charge in [0.2, 0.25) is 15.9 Å². The van der Waals surface area contributed by atoms with Gasteiger partial charge in [-0.15, -0.1) is 0 Å². The molecule has 1 aliphatic rings. The average molecular weight is 401 g/mol. The van der Waals surface area contributed by atoms with Crippen LogP contribution in [0.5, 0.6) is 5.75 Å². The Morgan fingerprint density at radius 3 is 2.12 bits per heavy atom. The first-order chi connectivity index (χ1) is 11.3. The zero-order valence-electron chi connectivity index (χ0n) is 12.8. The Bertz CT molecular complexity index is 858. The van der Waals surface area contributed by atoms with Gasteiger partial charge in [0, 0.05) is 0 Å². The van der Waals surface area contributed by atoms with Crippen LogP contribution in [0.3, 0.4) is 0 Å². The predicted octanol–water partition coefficient (Wildman–Crippen LogP) is 1.63. The van der Waals surface area contributed by atoms with E-state index in [9.17, 15) is 34.8 Å². The summed E-state index contributed by atoms with van der Waals surface area (Å²) in [5.74, 6) is -2.29. The molecule has 0 heterocycles. The van der Waals surface area contributed by atoms with Gasteiger partial charge in [-0.25, -0.2) is 8.42 Å². The first kappa shape index (κ1) is 19.5. The molecule has 25 heavy (non-hydrogen) atoms. The second-order valence-corrected chi connectivity index (χ2v) is 8.98. The van der Waals surface area contributed by atoms with Crippen LogP contribution in [-0.2, 0) is 24.9 Å². The van der Waals surface area contributed by atoms with Gasteiger partial charge < -0.3 is 4.18 Å². The highest BCUT2D eigenvalue weighted by atomic mass is 32.2. The number of hydrogen-bond acceptors (Lipinski definition) is 6. The minimum absolute atomic E-state index is 0.278. The SMILES string of the molecule is C[C@@H](C(=O)NS(=O)(=O)C1CC1)c1ccc(OS(=O)(=O)C(F)(F)F)cc1. The molecule has 1 saturated carbocycles. The Hall–Kier alpha value is -1.82. The molecule has 0 unspecified atom stereocenters. The third-order valence-corrected chi connectivity index (χ3v) is 6.28. The summed E-state index contributed by atoms with van der Waals surface area (Å²) in [4.78, 5) is 12.0. The summed E-state index contributed by atoms with van der Waals surface area (Å²) in [6.07, 6.45) is 0.966. The Labute approximate surface area is 142 Å². The number of carbonyl (C=O) groups is 1. The van der Waals surface area contributed by atoms with E-state index in [0.717, 1.165) is 12.1 Å². The maximum Gasteiger partial charge on any atom is 0.534 e. The molecule has 140 valence electrons. The summed E-state index contributed by atoms with van der Waals surface area (Å²) in [5.41, 5.74) is -5.28. The highest BCUT2D eigenvalue weighted by molar-refractivity contribution is 7.91. The van der Waals surface area contributed by atoms with Crippen molar-refractivity contribution in [1.82, 2.24) is 4.72 Å². The number of carbonyl (C=O) groups excluding carboxylic acids is 1. The first-order valence-corrected chi connectivity index (χ1v) is 9.95. The zero-order chi connectivity index (χ0) is 19.0. The minimum Gasteiger partial charge on any atom is -0.376 e. The second kappa shape index (κ2) is 6.48. The lowest BCUT2D eigenvalue weighted by Crippen LogP contribution is -2.36. The maximum atomic E-state index is 12.2. The van der Waals surface area contributed by atoms with Gasteiger partial charge in [0.25, 0.3) is 0 Å². The number of halogens is 3. The third-order valence-electron chi connectivity index (χ3n) is 3.47. The van der Waals surface area contributed by atoms with Crippen LogP contribution in [0.25, 0.3) is 0 Å². The topological polar surface area (TPSA) is 107 Å². The second-order valence-electron chi connectivity index (χ2n) is 5.48. The molecule has 0 aliphatic heterocycles. The predicted molar refractivity (Wildman–Crippen MR) is 80.5 cm³/mol. The molecule has 1 aliphatic carbocycles. The monoisotopic (exact) mass is 401 g/mol. The molecule has 0 aromatic heterocycles. The summed E-state index contributed by atoms with van der Waals surface area (Å²) >= 11 is 0. The molecular formula is C13H14F3NO6S2. The maximum absolute atomic E-state index is 12.2. The lowest BCUT2D eigenvalue weighted by molar-refractivity contribution is -0.120. The van der Waals surface area contributed by atoms with Crippen LogP contribution in [0, 0.1) is 0 Å². The average Bonchev–Trinajstić information content (AvgIpc) is 3.30. The van der Waals surface area contributed by atoms with Crippen molar-refractivity contribution in [3.05, 3.63) is 29.8 Å². The van der Waals surface area contributed by atoms with Crippen molar-refractivity contribution in [3.63, 3.8) is 0 Å². The number of hydrogen-bond donors (Lipinski definition) is 1. The normalized spacial score (nSPS) is 17.0. The third kappa shape index (κ3) is 4.63. The molecule has 2 rings (SSSR count). The van der Waals surface area contributed by atoms with Gasteiger partial charge in [0.1, 0.15) is 5.75 Å². The van der Waals surface area contributed by atoms with Gasteiger partial charge in [-0.1, -0.05) is 12.1 Å². The van der Waals surface area contributed by atoms with Crippen molar-refractivity contribution in [2.24, 2.45) is 0 Å². The van der Waals surface area contributed by atoms with Crippen molar-refractivity contribution in [1.29, 1.82) is 0 Å². The standard InChI is InChI=1S/C13H14F3NO6S2/c1-8(12(18)17-24(19,20)11-6-7-11)9-2-4-10(5-3-9)23-25(21,22)13(14,15)16/h2-5,8,11H,6-7H2,1H3,(H,17,18)/t8-/m1/s1. The van der Waals surface area contributed by atoms with E-state index in [1.54, 1.807) is 0 Å². The molecule has 1 fully saturated rings. The van der Waals surface area contributed by atoms with E-state index < -0.39 is 48.5 Å². The quantitative estimate of drug-likeness (QED) is 0.574. The zero-order valence-corrected chi connectivity index (χ0v) is 14.4. The van der Waals surface area contributed by atoms with Crippen LogP contribution < -0.4 is 8.91 Å². The Kier molecular flexibility index (Phi) is 5.06. The minimum atomic E-state index is -5.79. The van der Waals surface area contributed by atoms with Crippen molar-refractivity contribution >= 4 is 26.0 Å². The van der Waals surface area contributed by atoms with Gasteiger partial charge in [-0.05, 0) is 37.5 Å². The summed E-state index contributed by atoms with van der Waals surface area (Å²) in [5, 5.41) is -0.577. The van der Waals surface area contributed by atoms with E-state index in [4.69, 9.17) is 0 Å². The summed E-state index contributed by atoms with van der Waals surface area (Å²) in [6.45, 7) is 1.40. The van der Waals surface area contributed by atoms with Crippen molar-refractivity contribution in [2.45, 2.75) is 36.4 Å². The smallest absolute Gasteiger partial charge is 0.376 e. The van der Waals surface area contributed by atoms with Crippen LogP contribution >= 0.6 is 0 Å². The lowest BCUT2D eigenvalue weighted by Gasteiger charge is -2.14. The Morgan fingerprint density at radius 2 is 1.68 bits per heavy atom. The molecule has 1 aromatic rings. The summed E-state index contributed by atoms with van der Waals surface area (Å²) in [6, 6.07) is 4.24. The number of amides is 1. The van der Waals surface area contributed by atoms with Gasteiger partial charge in [-0.3, -0.25) is 9.52 Å². The molecule has 1 atom stereocenters. The van der Waals surface area contributed by atoms with Crippen LogP contribution in [0.2, 0.25) is 0 Å². The molecule has 7 nitrogen and oxygen atoms in total. The molecule has 1 aromatic carbocycles. The number of rotatable bonds is 6. The van der Waals surface area contributed by atoms with E-state index in [1.807, 2.05) is 4.72 Å². The number of nitrogens with one attached hydrogen (secondary N) is 1. The van der Waals surface area contributed by atoms with Gasteiger partial charge in [0.05, 0.1) is 11.2 Å². The van der Waals surface area contributed by atoms with Crippen molar-refractivity contribution < 1.29 is 39.0 Å². The molecular weight excluding hydrogens is 387 g/mol. The van der Waals surface area contributed by atoms with Gasteiger partial charge in [0.15, 0.2) is 0 Å². The molecule has 1 amide bonds. The Balaban J connectivity index is 2.07. The van der Waals surface area contributed by atoms with E-state index >= 15 is 0 Å². The molecule has 0 bridgehead atoms. The fourth-order valence-corrected chi connectivity index (χ4v) is 3.67. The number of benzene rings is 1. The highest BCUT2D eigenvalue weighted by Crippen LogP contribution is 2.29. The number of sulfonamides is 1. The van der Waals surface area contributed by atoms with E-state index in [-0.39, 0.29) is 5.56 Å². The molecule has 0 radical (unpaired) electrons. The van der Waals surface area contributed by atoms with Crippen molar-refractivity contribution in [2.75, 3.05) is 0 Å². The van der Waals surface area contributed by atoms with E-state index in [2.05, 4.69) is 4.18 Å². The number of alkyl halides is 3.